The Bertz CT molecular complexity index is 625. The fourth-order valence-corrected chi connectivity index (χ4v) is 1.33. The monoisotopic (exact) mass is 258 g/mol. The molecule has 0 aliphatic heterocycles. The Hall–Kier alpha value is -2.83. The van der Waals surface area contributed by atoms with E-state index in [0.717, 1.165) is 0 Å². The number of hydrogen-bond acceptors (Lipinski definition) is 5. The number of rotatable bonds is 3. The molecule has 7 heteroatoms. The molecule has 0 aliphatic rings. The number of carbonyl (C=O) groups is 2. The highest BCUT2D eigenvalue weighted by molar-refractivity contribution is 6.03. The number of nitrogens with zero attached hydrogens (tertiary/aromatic N) is 3. The summed E-state index contributed by atoms with van der Waals surface area (Å²) in [7, 11) is 0. The van der Waals surface area contributed by atoms with E-state index in [4.69, 9.17) is 5.11 Å². The van der Waals surface area contributed by atoms with Gasteiger partial charge in [-0.05, 0) is 13.0 Å². The molecule has 2 heterocycles. The van der Waals surface area contributed by atoms with Crippen LogP contribution in [-0.2, 0) is 0 Å². The summed E-state index contributed by atoms with van der Waals surface area (Å²) < 4.78 is 0. The van der Waals surface area contributed by atoms with Gasteiger partial charge in [-0.25, -0.2) is 9.78 Å². The molecule has 19 heavy (non-hydrogen) atoms. The summed E-state index contributed by atoms with van der Waals surface area (Å²) in [4.78, 5) is 34.2. The predicted octanol–water partition coefficient (Wildman–Crippen LogP) is 1.13. The number of pyridine rings is 1. The van der Waals surface area contributed by atoms with Crippen LogP contribution in [0.1, 0.15) is 26.5 Å². The van der Waals surface area contributed by atoms with E-state index < -0.39 is 11.9 Å². The summed E-state index contributed by atoms with van der Waals surface area (Å²) >= 11 is 0. The Labute approximate surface area is 108 Å². The predicted molar refractivity (Wildman–Crippen MR) is 65.9 cm³/mol. The maximum Gasteiger partial charge on any atom is 0.337 e. The third-order valence-corrected chi connectivity index (χ3v) is 2.26. The van der Waals surface area contributed by atoms with Crippen LogP contribution in [0.3, 0.4) is 0 Å². The number of aryl methyl sites for hydroxylation is 1. The zero-order valence-electron chi connectivity index (χ0n) is 9.99. The van der Waals surface area contributed by atoms with Gasteiger partial charge in [-0.3, -0.25) is 14.8 Å². The number of hydrogen-bond donors (Lipinski definition) is 2. The SMILES string of the molecule is Cc1cnc(C(=O)Nc2cncc(C(=O)O)c2)cn1. The van der Waals surface area contributed by atoms with Crippen LogP contribution in [0.2, 0.25) is 0 Å². The number of carbonyl (C=O) groups excluding carboxylic acids is 1. The van der Waals surface area contributed by atoms with Gasteiger partial charge in [-0.2, -0.15) is 0 Å². The van der Waals surface area contributed by atoms with Gasteiger partial charge in [0.25, 0.3) is 5.91 Å². The second-order valence-corrected chi connectivity index (χ2v) is 3.76. The lowest BCUT2D eigenvalue weighted by molar-refractivity contribution is 0.0696. The Morgan fingerprint density at radius 2 is 1.95 bits per heavy atom. The molecule has 1 amide bonds. The summed E-state index contributed by atoms with van der Waals surface area (Å²) in [5, 5.41) is 11.3. The Kier molecular flexibility index (Phi) is 3.46. The van der Waals surface area contributed by atoms with Gasteiger partial charge in [-0.1, -0.05) is 0 Å². The van der Waals surface area contributed by atoms with Crippen LogP contribution >= 0.6 is 0 Å². The van der Waals surface area contributed by atoms with Gasteiger partial charge in [-0.15, -0.1) is 0 Å². The maximum absolute atomic E-state index is 11.8. The summed E-state index contributed by atoms with van der Waals surface area (Å²) in [5.41, 5.74) is 1.12. The molecular weight excluding hydrogens is 248 g/mol. The van der Waals surface area contributed by atoms with Crippen molar-refractivity contribution in [3.8, 4) is 0 Å². The van der Waals surface area contributed by atoms with E-state index >= 15 is 0 Å². The second-order valence-electron chi connectivity index (χ2n) is 3.76. The lowest BCUT2D eigenvalue weighted by Crippen LogP contribution is -2.14. The maximum atomic E-state index is 11.8. The molecule has 96 valence electrons. The van der Waals surface area contributed by atoms with Crippen LogP contribution in [-0.4, -0.2) is 31.9 Å². The Balaban J connectivity index is 2.17. The largest absolute Gasteiger partial charge is 0.478 e. The van der Waals surface area contributed by atoms with Crippen molar-refractivity contribution < 1.29 is 14.7 Å². The Morgan fingerprint density at radius 1 is 1.16 bits per heavy atom. The Morgan fingerprint density at radius 3 is 2.58 bits per heavy atom. The van der Waals surface area contributed by atoms with Crippen LogP contribution in [0.4, 0.5) is 5.69 Å². The summed E-state index contributed by atoms with van der Waals surface area (Å²) in [6.45, 7) is 1.76. The van der Waals surface area contributed by atoms with Gasteiger partial charge in [0, 0.05) is 12.4 Å². The molecule has 0 radical (unpaired) electrons. The number of anilines is 1. The van der Waals surface area contributed by atoms with E-state index in [9.17, 15) is 9.59 Å². The minimum Gasteiger partial charge on any atom is -0.478 e. The number of aromatic carboxylic acids is 1. The average Bonchev–Trinajstić information content (AvgIpc) is 2.39. The van der Waals surface area contributed by atoms with Crippen molar-refractivity contribution in [3.05, 3.63) is 47.8 Å². The standard InChI is InChI=1S/C12H10N4O3/c1-7-3-15-10(6-14-7)11(17)16-9-2-8(12(18)19)4-13-5-9/h2-6H,1H3,(H,16,17)(H,18,19). The van der Waals surface area contributed by atoms with E-state index in [2.05, 4.69) is 20.3 Å². The number of aromatic nitrogens is 3. The van der Waals surface area contributed by atoms with Crippen LogP contribution in [0.25, 0.3) is 0 Å². The minimum atomic E-state index is -1.11. The third kappa shape index (κ3) is 3.09. The van der Waals surface area contributed by atoms with E-state index in [-0.39, 0.29) is 16.9 Å². The molecule has 0 bridgehead atoms. The lowest BCUT2D eigenvalue weighted by Gasteiger charge is -2.04. The molecule has 2 aromatic heterocycles. The van der Waals surface area contributed by atoms with Crippen molar-refractivity contribution >= 4 is 17.6 Å². The molecular formula is C12H10N4O3. The molecule has 0 unspecified atom stereocenters. The first-order valence-corrected chi connectivity index (χ1v) is 5.34. The third-order valence-electron chi connectivity index (χ3n) is 2.26. The zero-order valence-corrected chi connectivity index (χ0v) is 9.99. The number of carboxylic acids is 1. The molecule has 2 N–H and O–H groups in total. The smallest absolute Gasteiger partial charge is 0.337 e. The van der Waals surface area contributed by atoms with Crippen molar-refractivity contribution in [2.24, 2.45) is 0 Å². The first-order valence-electron chi connectivity index (χ1n) is 5.34. The molecule has 0 fully saturated rings. The highest BCUT2D eigenvalue weighted by atomic mass is 16.4. The molecule has 0 saturated heterocycles. The second kappa shape index (κ2) is 5.21. The van der Waals surface area contributed by atoms with Gasteiger partial charge < -0.3 is 10.4 Å². The van der Waals surface area contributed by atoms with E-state index in [1.54, 1.807) is 6.92 Å². The summed E-state index contributed by atoms with van der Waals surface area (Å²) in [5.74, 6) is -1.59. The highest BCUT2D eigenvalue weighted by Gasteiger charge is 2.10. The molecule has 0 aromatic carbocycles. The van der Waals surface area contributed by atoms with Crippen molar-refractivity contribution in [3.63, 3.8) is 0 Å². The molecule has 0 aliphatic carbocycles. The fourth-order valence-electron chi connectivity index (χ4n) is 1.33. The van der Waals surface area contributed by atoms with Gasteiger partial charge in [0.1, 0.15) is 5.69 Å². The van der Waals surface area contributed by atoms with Crippen LogP contribution in [0.5, 0.6) is 0 Å². The van der Waals surface area contributed by atoms with E-state index in [0.29, 0.717) is 5.69 Å². The average molecular weight is 258 g/mol. The zero-order chi connectivity index (χ0) is 13.8. The minimum absolute atomic E-state index is 0.00668. The number of amides is 1. The molecule has 2 rings (SSSR count). The van der Waals surface area contributed by atoms with Crippen molar-refractivity contribution in [1.29, 1.82) is 0 Å². The number of carboxylic acid groups (broad SMARTS) is 1. The topological polar surface area (TPSA) is 105 Å². The first-order chi connectivity index (χ1) is 9.06. The lowest BCUT2D eigenvalue weighted by atomic mass is 10.2. The molecule has 2 aromatic rings. The highest BCUT2D eigenvalue weighted by Crippen LogP contribution is 2.09. The van der Waals surface area contributed by atoms with Crippen molar-refractivity contribution in [1.82, 2.24) is 15.0 Å². The van der Waals surface area contributed by atoms with E-state index in [1.165, 1.54) is 30.9 Å². The van der Waals surface area contributed by atoms with Crippen molar-refractivity contribution in [2.75, 3.05) is 5.32 Å². The van der Waals surface area contributed by atoms with Gasteiger partial charge >= 0.3 is 5.97 Å². The fraction of sp³-hybridized carbons (Fsp3) is 0.0833. The van der Waals surface area contributed by atoms with Gasteiger partial charge in [0.2, 0.25) is 0 Å². The summed E-state index contributed by atoms with van der Waals surface area (Å²) in [6.07, 6.45) is 5.37. The van der Waals surface area contributed by atoms with Gasteiger partial charge in [0.05, 0.1) is 29.3 Å². The van der Waals surface area contributed by atoms with Crippen molar-refractivity contribution in [2.45, 2.75) is 6.92 Å². The van der Waals surface area contributed by atoms with Gasteiger partial charge in [0.15, 0.2) is 0 Å². The molecule has 0 spiro atoms. The van der Waals surface area contributed by atoms with Crippen LogP contribution in [0.15, 0.2) is 30.9 Å². The molecule has 0 atom stereocenters. The first kappa shape index (κ1) is 12.6. The number of nitrogens with one attached hydrogen (secondary N) is 1. The molecule has 7 nitrogen and oxygen atoms in total. The quantitative estimate of drug-likeness (QED) is 0.854. The van der Waals surface area contributed by atoms with Crippen LogP contribution < -0.4 is 5.32 Å². The van der Waals surface area contributed by atoms with E-state index in [1.807, 2.05) is 0 Å². The normalized spacial score (nSPS) is 9.95. The van der Waals surface area contributed by atoms with Crippen LogP contribution in [0, 0.1) is 6.92 Å². The summed E-state index contributed by atoms with van der Waals surface area (Å²) in [6, 6.07) is 1.31. The molecule has 0 saturated carbocycles.